The molecule has 146 valence electrons. The molecule has 0 bridgehead atoms. The lowest BCUT2D eigenvalue weighted by molar-refractivity contribution is 0.386. The molecule has 0 amide bonds. The summed E-state index contributed by atoms with van der Waals surface area (Å²) in [4.78, 5) is 4.28. The van der Waals surface area contributed by atoms with Gasteiger partial charge in [0.2, 0.25) is 0 Å². The Morgan fingerprint density at radius 1 is 1.26 bits per heavy atom. The van der Waals surface area contributed by atoms with Crippen molar-refractivity contribution in [2.24, 2.45) is 10.9 Å². The monoisotopic (exact) mass is 483 g/mol. The molecule has 1 aliphatic rings. The van der Waals surface area contributed by atoms with Gasteiger partial charge in [-0.1, -0.05) is 36.4 Å². The zero-order chi connectivity index (χ0) is 18.5. The van der Waals surface area contributed by atoms with Crippen molar-refractivity contribution in [3.05, 3.63) is 65.5 Å². The molecule has 6 heteroatoms. The van der Waals surface area contributed by atoms with Crippen molar-refractivity contribution < 1.29 is 9.13 Å². The number of nitrogens with one attached hydrogen (secondary N) is 2. The fraction of sp³-hybridized carbons (Fsp3) is 0.381. The molecule has 3 rings (SSSR count). The average Bonchev–Trinajstić information content (AvgIpc) is 3.45. The van der Waals surface area contributed by atoms with Crippen LogP contribution < -0.4 is 15.4 Å². The summed E-state index contributed by atoms with van der Waals surface area (Å²) in [6.45, 7) is 2.86. The van der Waals surface area contributed by atoms with Gasteiger partial charge in [0.1, 0.15) is 0 Å². The average molecular weight is 483 g/mol. The fourth-order valence-corrected chi connectivity index (χ4v) is 3.24. The Hall–Kier alpha value is -1.83. The maximum atomic E-state index is 13.9. The van der Waals surface area contributed by atoms with Gasteiger partial charge in [0.25, 0.3) is 0 Å². The largest absolute Gasteiger partial charge is 0.494 e. The van der Waals surface area contributed by atoms with E-state index in [1.807, 2.05) is 19.1 Å². The molecular formula is C21H27FIN3O. The van der Waals surface area contributed by atoms with Crippen LogP contribution in [0.2, 0.25) is 0 Å². The highest BCUT2D eigenvalue weighted by atomic mass is 127. The van der Waals surface area contributed by atoms with Crippen LogP contribution in [-0.2, 0) is 0 Å². The third kappa shape index (κ3) is 5.57. The molecule has 2 aromatic rings. The molecule has 0 heterocycles. The molecule has 3 unspecified atom stereocenters. The fourth-order valence-electron chi connectivity index (χ4n) is 3.24. The van der Waals surface area contributed by atoms with E-state index in [2.05, 4.69) is 39.9 Å². The van der Waals surface area contributed by atoms with Gasteiger partial charge in [-0.05, 0) is 48.4 Å². The maximum Gasteiger partial charge on any atom is 0.191 e. The van der Waals surface area contributed by atoms with Crippen molar-refractivity contribution in [1.82, 2.24) is 10.6 Å². The third-order valence-corrected chi connectivity index (χ3v) is 4.93. The smallest absolute Gasteiger partial charge is 0.191 e. The molecule has 2 N–H and O–H groups in total. The van der Waals surface area contributed by atoms with Gasteiger partial charge >= 0.3 is 0 Å². The number of rotatable bonds is 6. The number of ether oxygens (including phenoxy) is 1. The molecule has 3 atom stereocenters. The van der Waals surface area contributed by atoms with Crippen LogP contribution >= 0.6 is 24.0 Å². The van der Waals surface area contributed by atoms with Crippen LogP contribution in [0.5, 0.6) is 5.75 Å². The molecule has 4 nitrogen and oxygen atoms in total. The van der Waals surface area contributed by atoms with E-state index in [0.717, 1.165) is 18.1 Å². The molecular weight excluding hydrogens is 456 g/mol. The Balaban J connectivity index is 0.00000261. The number of halogens is 2. The molecule has 1 aliphatic carbocycles. The Kier molecular flexibility index (Phi) is 7.89. The van der Waals surface area contributed by atoms with Crippen molar-refractivity contribution in [3.8, 4) is 5.75 Å². The first-order valence-corrected chi connectivity index (χ1v) is 8.98. The summed E-state index contributed by atoms with van der Waals surface area (Å²) < 4.78 is 18.9. The molecule has 27 heavy (non-hydrogen) atoms. The lowest BCUT2D eigenvalue weighted by atomic mass is 10.1. The summed E-state index contributed by atoms with van der Waals surface area (Å²) in [5.41, 5.74) is 2.25. The first kappa shape index (κ1) is 21.5. The van der Waals surface area contributed by atoms with Gasteiger partial charge in [-0.15, -0.1) is 24.0 Å². The summed E-state index contributed by atoms with van der Waals surface area (Å²) in [6.07, 6.45) is 1.20. The number of methoxy groups -OCH3 is 1. The van der Waals surface area contributed by atoms with Crippen LogP contribution in [0.4, 0.5) is 4.39 Å². The third-order valence-electron chi connectivity index (χ3n) is 4.93. The molecule has 0 aliphatic heterocycles. The van der Waals surface area contributed by atoms with E-state index in [1.54, 1.807) is 13.1 Å². The van der Waals surface area contributed by atoms with Crippen LogP contribution in [-0.4, -0.2) is 26.7 Å². The van der Waals surface area contributed by atoms with E-state index in [1.165, 1.54) is 25.2 Å². The number of benzene rings is 2. The normalized spacial score (nSPS) is 19.6. The van der Waals surface area contributed by atoms with Crippen LogP contribution in [0, 0.1) is 11.7 Å². The van der Waals surface area contributed by atoms with Gasteiger partial charge in [-0.2, -0.15) is 0 Å². The Morgan fingerprint density at radius 2 is 2.00 bits per heavy atom. The molecule has 1 fully saturated rings. The van der Waals surface area contributed by atoms with E-state index in [0.29, 0.717) is 11.8 Å². The highest BCUT2D eigenvalue weighted by Crippen LogP contribution is 2.46. The lowest BCUT2D eigenvalue weighted by Crippen LogP contribution is -2.39. The van der Waals surface area contributed by atoms with Gasteiger partial charge in [0, 0.05) is 13.6 Å². The zero-order valence-electron chi connectivity index (χ0n) is 15.9. The Morgan fingerprint density at radius 3 is 2.63 bits per heavy atom. The van der Waals surface area contributed by atoms with E-state index < -0.39 is 0 Å². The number of guanidine groups is 1. The number of nitrogens with zero attached hydrogens (tertiary/aromatic N) is 1. The summed E-state index contributed by atoms with van der Waals surface area (Å²) in [5, 5.41) is 6.71. The minimum absolute atomic E-state index is 0. The molecule has 1 saturated carbocycles. The molecule has 0 saturated heterocycles. The van der Waals surface area contributed by atoms with Crippen molar-refractivity contribution in [2.45, 2.75) is 25.3 Å². The van der Waals surface area contributed by atoms with E-state index >= 15 is 0 Å². The summed E-state index contributed by atoms with van der Waals surface area (Å²) in [6, 6.07) is 15.6. The molecule has 0 radical (unpaired) electrons. The number of aliphatic imine (C=N–C) groups is 1. The second-order valence-corrected chi connectivity index (χ2v) is 6.73. The standard InChI is InChI=1S/C21H26FN3O.HI/c1-14(16-9-10-20(26-3)19(22)12-16)25-21(23-2)24-13-17-11-18(17)15-7-5-4-6-8-15;/h4-10,12,14,17-18H,11,13H2,1-3H3,(H2,23,24,25);1H. The van der Waals surface area contributed by atoms with Crippen molar-refractivity contribution in [3.63, 3.8) is 0 Å². The van der Waals surface area contributed by atoms with Gasteiger partial charge in [-0.3, -0.25) is 4.99 Å². The van der Waals surface area contributed by atoms with Crippen LogP contribution in [0.3, 0.4) is 0 Å². The SMILES string of the molecule is CN=C(NCC1CC1c1ccccc1)NC(C)c1ccc(OC)c(F)c1.I. The van der Waals surface area contributed by atoms with E-state index in [-0.39, 0.29) is 41.6 Å². The van der Waals surface area contributed by atoms with Gasteiger partial charge < -0.3 is 15.4 Å². The number of hydrogen-bond acceptors (Lipinski definition) is 2. The second-order valence-electron chi connectivity index (χ2n) is 6.73. The Labute approximate surface area is 177 Å². The highest BCUT2D eigenvalue weighted by Gasteiger charge is 2.37. The highest BCUT2D eigenvalue weighted by molar-refractivity contribution is 14.0. The summed E-state index contributed by atoms with van der Waals surface area (Å²) in [5.74, 6) is 1.89. The van der Waals surface area contributed by atoms with Crippen molar-refractivity contribution in [1.29, 1.82) is 0 Å². The van der Waals surface area contributed by atoms with E-state index in [4.69, 9.17) is 4.74 Å². The number of hydrogen-bond donors (Lipinski definition) is 2. The minimum atomic E-state index is -0.356. The first-order chi connectivity index (χ1) is 12.6. The van der Waals surface area contributed by atoms with Crippen molar-refractivity contribution in [2.75, 3.05) is 20.7 Å². The zero-order valence-corrected chi connectivity index (χ0v) is 18.2. The van der Waals surface area contributed by atoms with Gasteiger partial charge in [0.05, 0.1) is 13.2 Å². The predicted molar refractivity (Wildman–Crippen MR) is 119 cm³/mol. The van der Waals surface area contributed by atoms with Crippen LogP contribution in [0.1, 0.15) is 36.4 Å². The first-order valence-electron chi connectivity index (χ1n) is 8.98. The van der Waals surface area contributed by atoms with Crippen LogP contribution in [0.25, 0.3) is 0 Å². The van der Waals surface area contributed by atoms with Gasteiger partial charge in [-0.25, -0.2) is 4.39 Å². The minimum Gasteiger partial charge on any atom is -0.494 e. The second kappa shape index (κ2) is 9.92. The molecule has 2 aromatic carbocycles. The van der Waals surface area contributed by atoms with Gasteiger partial charge in [0.15, 0.2) is 17.5 Å². The summed E-state index contributed by atoms with van der Waals surface area (Å²) in [7, 11) is 3.21. The topological polar surface area (TPSA) is 45.7 Å². The maximum absolute atomic E-state index is 13.9. The Bertz CT molecular complexity index is 769. The van der Waals surface area contributed by atoms with Crippen LogP contribution in [0.15, 0.2) is 53.5 Å². The van der Waals surface area contributed by atoms with Crippen molar-refractivity contribution >= 4 is 29.9 Å². The summed E-state index contributed by atoms with van der Waals surface area (Å²) >= 11 is 0. The quantitative estimate of drug-likeness (QED) is 0.362. The predicted octanol–water partition coefficient (Wildman–Crippen LogP) is 4.48. The van der Waals surface area contributed by atoms with E-state index in [9.17, 15) is 4.39 Å². The lowest BCUT2D eigenvalue weighted by Gasteiger charge is -2.19. The molecule has 0 aromatic heterocycles. The molecule has 0 spiro atoms.